The van der Waals surface area contributed by atoms with Gasteiger partial charge in [-0.25, -0.2) is 9.78 Å². The number of terminal acetylenes is 1. The predicted molar refractivity (Wildman–Crippen MR) is 74.5 cm³/mol. The Bertz CT molecular complexity index is 488. The largest absolute Gasteiger partial charge is 0.443 e. The van der Waals surface area contributed by atoms with E-state index in [-0.39, 0.29) is 16.2 Å². The quantitative estimate of drug-likeness (QED) is 0.780. The summed E-state index contributed by atoms with van der Waals surface area (Å²) in [6.07, 6.45) is 4.65. The van der Waals surface area contributed by atoms with E-state index >= 15 is 0 Å². The minimum atomic E-state index is -0.620. The molecule has 7 heteroatoms. The number of amides is 1. The first-order chi connectivity index (χ1) is 8.24. The van der Waals surface area contributed by atoms with E-state index in [4.69, 9.17) is 34.4 Å². The van der Waals surface area contributed by atoms with Crippen LogP contribution in [0.3, 0.4) is 0 Å². The number of nitrogens with zero attached hydrogens (tertiary/aromatic N) is 2. The van der Waals surface area contributed by atoms with Gasteiger partial charge in [-0.05, 0) is 20.8 Å². The van der Waals surface area contributed by atoms with Gasteiger partial charge in [-0.2, -0.15) is 0 Å². The highest BCUT2D eigenvalue weighted by Gasteiger charge is 2.26. The third kappa shape index (κ3) is 4.05. The van der Waals surface area contributed by atoms with Gasteiger partial charge in [-0.15, -0.1) is 6.42 Å². The lowest BCUT2D eigenvalue weighted by Gasteiger charge is -2.25. The molecule has 0 aliphatic heterocycles. The molecule has 1 aromatic rings. The summed E-state index contributed by atoms with van der Waals surface area (Å²) in [6.45, 7) is 5.33. The Morgan fingerprint density at radius 2 is 2.17 bits per heavy atom. The Morgan fingerprint density at radius 3 is 2.56 bits per heavy atom. The fourth-order valence-corrected chi connectivity index (χ4v) is 2.44. The van der Waals surface area contributed by atoms with Crippen LogP contribution in [0, 0.1) is 12.3 Å². The zero-order valence-corrected chi connectivity index (χ0v) is 12.5. The maximum Gasteiger partial charge on any atom is 0.416 e. The summed E-state index contributed by atoms with van der Waals surface area (Å²) in [6, 6.07) is 0. The van der Waals surface area contributed by atoms with Gasteiger partial charge in [-0.3, -0.25) is 4.90 Å². The first kappa shape index (κ1) is 15.1. The Balaban J connectivity index is 3.00. The minimum Gasteiger partial charge on any atom is -0.443 e. The number of carbonyl (C=O) groups excluding carboxylic acids is 1. The van der Waals surface area contributed by atoms with Crippen molar-refractivity contribution in [2.24, 2.45) is 0 Å². The fourth-order valence-electron chi connectivity index (χ4n) is 1.06. The summed E-state index contributed by atoms with van der Waals surface area (Å²) in [5.41, 5.74) is -0.620. The van der Waals surface area contributed by atoms with E-state index in [0.717, 1.165) is 11.3 Å². The van der Waals surface area contributed by atoms with E-state index < -0.39 is 11.7 Å². The van der Waals surface area contributed by atoms with Gasteiger partial charge in [0, 0.05) is 0 Å². The number of ether oxygens (including phenoxy) is 1. The molecule has 4 nitrogen and oxygen atoms in total. The number of aromatic nitrogens is 1. The summed E-state index contributed by atoms with van der Waals surface area (Å²) < 4.78 is 5.48. The molecule has 0 N–H and O–H groups in total. The number of hydrogen-bond donors (Lipinski definition) is 0. The van der Waals surface area contributed by atoms with Crippen molar-refractivity contribution in [3.05, 3.63) is 9.62 Å². The van der Waals surface area contributed by atoms with Gasteiger partial charge < -0.3 is 4.74 Å². The molecule has 0 aliphatic carbocycles. The molecule has 1 heterocycles. The Labute approximate surface area is 120 Å². The maximum atomic E-state index is 12.0. The molecule has 98 valence electrons. The van der Waals surface area contributed by atoms with Crippen molar-refractivity contribution in [2.75, 3.05) is 11.4 Å². The molecular weight excluding hydrogens is 295 g/mol. The fraction of sp³-hybridized carbons (Fsp3) is 0.455. The van der Waals surface area contributed by atoms with E-state index in [2.05, 4.69) is 10.9 Å². The van der Waals surface area contributed by atoms with Crippen LogP contribution in [0.25, 0.3) is 0 Å². The summed E-state index contributed by atoms with van der Waals surface area (Å²) in [5, 5.41) is 0.514. The van der Waals surface area contributed by atoms with Crippen LogP contribution in [-0.2, 0) is 4.74 Å². The van der Waals surface area contributed by atoms with Crippen LogP contribution in [0.2, 0.25) is 9.62 Å². The van der Waals surface area contributed by atoms with Crippen molar-refractivity contribution in [1.29, 1.82) is 0 Å². The van der Waals surface area contributed by atoms with E-state index in [1.54, 1.807) is 20.8 Å². The van der Waals surface area contributed by atoms with Gasteiger partial charge in [0.2, 0.25) is 0 Å². The lowest BCUT2D eigenvalue weighted by atomic mass is 10.2. The predicted octanol–water partition coefficient (Wildman–Crippen LogP) is 3.82. The molecule has 0 fully saturated rings. The highest BCUT2D eigenvalue weighted by Crippen LogP contribution is 2.35. The Morgan fingerprint density at radius 1 is 1.56 bits per heavy atom. The molecule has 0 bridgehead atoms. The average molecular weight is 307 g/mol. The summed E-state index contributed by atoms with van der Waals surface area (Å²) in [5.74, 6) is 2.37. The third-order valence-corrected chi connectivity index (χ3v) is 3.21. The van der Waals surface area contributed by atoms with E-state index in [9.17, 15) is 4.79 Å². The minimum absolute atomic E-state index is 0.0349. The molecule has 0 radical (unpaired) electrons. The topological polar surface area (TPSA) is 42.4 Å². The van der Waals surface area contributed by atoms with E-state index in [1.807, 2.05) is 0 Å². The number of halogens is 2. The van der Waals surface area contributed by atoms with Crippen LogP contribution in [0.5, 0.6) is 0 Å². The number of thiazole rings is 1. The standard InChI is InChI=1S/C11H12Cl2N2O2S/c1-5-6-15(10(16)17-11(2,3)4)8-7(12)14-9(13)18-8/h1H,6H2,2-4H3. The zero-order chi connectivity index (χ0) is 13.9. The Kier molecular flexibility index (Phi) is 4.85. The lowest BCUT2D eigenvalue weighted by molar-refractivity contribution is 0.0586. The van der Waals surface area contributed by atoms with Gasteiger partial charge in [0.1, 0.15) is 10.6 Å². The first-order valence-electron chi connectivity index (χ1n) is 5.00. The van der Waals surface area contributed by atoms with Crippen molar-refractivity contribution in [3.8, 4) is 12.3 Å². The second-order valence-corrected chi connectivity index (χ2v) is 6.25. The molecule has 0 saturated heterocycles. The number of carbonyl (C=O) groups is 1. The molecule has 0 aromatic carbocycles. The number of anilines is 1. The number of rotatable bonds is 2. The van der Waals surface area contributed by atoms with Crippen LogP contribution in [-0.4, -0.2) is 23.2 Å². The normalized spacial score (nSPS) is 10.9. The molecule has 1 rings (SSSR count). The first-order valence-corrected chi connectivity index (χ1v) is 6.57. The molecule has 0 saturated carbocycles. The van der Waals surface area contributed by atoms with Gasteiger partial charge in [0.25, 0.3) is 0 Å². The highest BCUT2D eigenvalue weighted by atomic mass is 35.5. The van der Waals surface area contributed by atoms with Crippen LogP contribution in [0.15, 0.2) is 0 Å². The maximum absolute atomic E-state index is 12.0. The van der Waals surface area contributed by atoms with Gasteiger partial charge in [-0.1, -0.05) is 40.5 Å². The van der Waals surface area contributed by atoms with Crippen molar-refractivity contribution >= 4 is 45.6 Å². The summed E-state index contributed by atoms with van der Waals surface area (Å²) in [4.78, 5) is 17.1. The van der Waals surface area contributed by atoms with E-state index in [1.165, 1.54) is 4.90 Å². The van der Waals surface area contributed by atoms with Gasteiger partial charge >= 0.3 is 6.09 Å². The van der Waals surface area contributed by atoms with Crippen molar-refractivity contribution in [2.45, 2.75) is 26.4 Å². The van der Waals surface area contributed by atoms with Gasteiger partial charge in [0.15, 0.2) is 9.62 Å². The Hall–Kier alpha value is -0.960. The van der Waals surface area contributed by atoms with E-state index in [0.29, 0.717) is 5.00 Å². The van der Waals surface area contributed by atoms with Crippen molar-refractivity contribution in [3.63, 3.8) is 0 Å². The second-order valence-electron chi connectivity index (χ2n) is 4.33. The lowest BCUT2D eigenvalue weighted by Crippen LogP contribution is -2.36. The second kappa shape index (κ2) is 5.79. The monoisotopic (exact) mass is 306 g/mol. The molecule has 0 aliphatic rings. The molecule has 18 heavy (non-hydrogen) atoms. The summed E-state index contributed by atoms with van der Waals surface area (Å²) in [7, 11) is 0. The number of hydrogen-bond acceptors (Lipinski definition) is 4. The molecule has 1 aromatic heterocycles. The molecule has 0 unspecified atom stereocenters. The van der Waals surface area contributed by atoms with Crippen molar-refractivity contribution < 1.29 is 9.53 Å². The average Bonchev–Trinajstić information content (AvgIpc) is 2.51. The smallest absolute Gasteiger partial charge is 0.416 e. The molecule has 1 amide bonds. The van der Waals surface area contributed by atoms with Gasteiger partial charge in [0.05, 0.1) is 6.54 Å². The van der Waals surface area contributed by atoms with Crippen LogP contribution in [0.4, 0.5) is 9.80 Å². The third-order valence-electron chi connectivity index (χ3n) is 1.65. The SMILES string of the molecule is C#CCN(C(=O)OC(C)(C)C)c1sc(Cl)nc1Cl. The summed E-state index contributed by atoms with van der Waals surface area (Å²) >= 11 is 12.7. The zero-order valence-electron chi connectivity index (χ0n) is 10.2. The van der Waals surface area contributed by atoms with Crippen molar-refractivity contribution in [1.82, 2.24) is 4.98 Å². The van der Waals surface area contributed by atoms with Crippen LogP contribution >= 0.6 is 34.5 Å². The van der Waals surface area contributed by atoms with Crippen LogP contribution in [0.1, 0.15) is 20.8 Å². The molecular formula is C11H12Cl2N2O2S. The molecule has 0 spiro atoms. The van der Waals surface area contributed by atoms with Crippen LogP contribution < -0.4 is 4.90 Å². The molecule has 0 atom stereocenters. The highest BCUT2D eigenvalue weighted by molar-refractivity contribution is 7.20.